The van der Waals surface area contributed by atoms with E-state index in [4.69, 9.17) is 9.47 Å². The first kappa shape index (κ1) is 13.7. The third kappa shape index (κ3) is 2.04. The summed E-state index contributed by atoms with van der Waals surface area (Å²) < 4.78 is 10.8. The summed E-state index contributed by atoms with van der Waals surface area (Å²) in [5.41, 5.74) is 1.59. The average molecular weight is 315 g/mol. The number of carboxylic acids is 2. The number of ether oxygens (including phenoxy) is 2. The largest absolute Gasteiger partial charge is 0.478 e. The molecule has 7 nitrogen and oxygen atoms in total. The highest BCUT2D eigenvalue weighted by molar-refractivity contribution is 6.06. The summed E-state index contributed by atoms with van der Waals surface area (Å²) >= 11 is 0. The van der Waals surface area contributed by atoms with Crippen LogP contribution in [0.4, 0.5) is 0 Å². The van der Waals surface area contributed by atoms with Gasteiger partial charge in [-0.25, -0.2) is 9.59 Å². The number of hydrogen-bond acceptors (Lipinski definition) is 5. The van der Waals surface area contributed by atoms with E-state index in [1.54, 1.807) is 0 Å². The van der Waals surface area contributed by atoms with Gasteiger partial charge in [0.1, 0.15) is 0 Å². The maximum atomic E-state index is 11.4. The van der Waals surface area contributed by atoms with E-state index in [9.17, 15) is 19.8 Å². The second-order valence-corrected chi connectivity index (χ2v) is 5.57. The van der Waals surface area contributed by atoms with Crippen molar-refractivity contribution in [2.45, 2.75) is 12.5 Å². The summed E-state index contributed by atoms with van der Waals surface area (Å²) in [7, 11) is 0. The normalized spacial score (nSPS) is 21.0. The number of nitrogens with zero attached hydrogens (tertiary/aromatic N) is 1. The SMILES string of the molecule is O=C(O)C1=CC2c3cc4c(cc3CCN2C=C1C(=O)O)OCO4. The lowest BCUT2D eigenvalue weighted by atomic mass is 9.87. The van der Waals surface area contributed by atoms with E-state index in [2.05, 4.69) is 0 Å². The Hall–Kier alpha value is -2.96. The Kier molecular flexibility index (Phi) is 2.84. The molecule has 3 heterocycles. The third-order valence-corrected chi connectivity index (χ3v) is 4.32. The van der Waals surface area contributed by atoms with Gasteiger partial charge >= 0.3 is 11.9 Å². The van der Waals surface area contributed by atoms with Crippen LogP contribution in [0.3, 0.4) is 0 Å². The van der Waals surface area contributed by atoms with E-state index in [0.717, 1.165) is 17.5 Å². The number of benzene rings is 1. The van der Waals surface area contributed by atoms with Crippen LogP contribution in [0.5, 0.6) is 11.5 Å². The fraction of sp³-hybridized carbons (Fsp3) is 0.250. The lowest BCUT2D eigenvalue weighted by Crippen LogP contribution is -2.35. The first-order valence-corrected chi connectivity index (χ1v) is 7.13. The summed E-state index contributed by atoms with van der Waals surface area (Å²) in [6.45, 7) is 0.781. The molecule has 3 aliphatic rings. The molecular weight excluding hydrogens is 302 g/mol. The molecule has 2 N–H and O–H groups in total. The Morgan fingerprint density at radius 2 is 1.78 bits per heavy atom. The Morgan fingerprint density at radius 3 is 2.48 bits per heavy atom. The van der Waals surface area contributed by atoms with Crippen LogP contribution in [0.25, 0.3) is 0 Å². The molecule has 118 valence electrons. The molecule has 1 aromatic rings. The second-order valence-electron chi connectivity index (χ2n) is 5.57. The summed E-state index contributed by atoms with van der Waals surface area (Å²) in [6, 6.07) is 3.45. The topological polar surface area (TPSA) is 96.3 Å². The van der Waals surface area contributed by atoms with Crippen molar-refractivity contribution in [3.05, 3.63) is 46.7 Å². The number of fused-ring (bicyclic) bond motifs is 4. The Morgan fingerprint density at radius 1 is 1.09 bits per heavy atom. The van der Waals surface area contributed by atoms with E-state index >= 15 is 0 Å². The minimum absolute atomic E-state index is 0.173. The highest BCUT2D eigenvalue weighted by atomic mass is 16.7. The molecule has 23 heavy (non-hydrogen) atoms. The van der Waals surface area contributed by atoms with Crippen molar-refractivity contribution >= 4 is 11.9 Å². The number of aliphatic carboxylic acids is 2. The first-order chi connectivity index (χ1) is 11.0. The third-order valence-electron chi connectivity index (χ3n) is 4.32. The standard InChI is InChI=1S/C16H13NO6/c18-15(19)10-4-12-9-5-14-13(22-7-23-14)3-8(9)1-2-17(12)6-11(10)16(20)21/h3-6,12H,1-2,7H2,(H,18,19)(H,20,21). The van der Waals surface area contributed by atoms with Gasteiger partial charge in [0.2, 0.25) is 6.79 Å². The molecule has 1 aromatic carbocycles. The van der Waals surface area contributed by atoms with Gasteiger partial charge in [-0.05, 0) is 35.8 Å². The molecule has 1 unspecified atom stereocenters. The molecule has 0 aliphatic carbocycles. The molecule has 3 aliphatic heterocycles. The molecule has 4 rings (SSSR count). The number of hydrogen-bond donors (Lipinski definition) is 2. The zero-order valence-corrected chi connectivity index (χ0v) is 12.0. The molecule has 0 saturated heterocycles. The zero-order valence-electron chi connectivity index (χ0n) is 12.0. The van der Waals surface area contributed by atoms with Gasteiger partial charge in [-0.1, -0.05) is 0 Å². The predicted octanol–water partition coefficient (Wildman–Crippen LogP) is 1.31. The monoisotopic (exact) mass is 315 g/mol. The van der Waals surface area contributed by atoms with Gasteiger partial charge in [0.25, 0.3) is 0 Å². The average Bonchev–Trinajstić information content (AvgIpc) is 2.98. The van der Waals surface area contributed by atoms with Crippen LogP contribution in [0.15, 0.2) is 35.6 Å². The molecular formula is C16H13NO6. The van der Waals surface area contributed by atoms with Gasteiger partial charge in [-0.3, -0.25) is 0 Å². The van der Waals surface area contributed by atoms with E-state index in [-0.39, 0.29) is 24.0 Å². The first-order valence-electron chi connectivity index (χ1n) is 7.13. The lowest BCUT2D eigenvalue weighted by Gasteiger charge is -2.38. The fourth-order valence-corrected chi connectivity index (χ4v) is 3.23. The van der Waals surface area contributed by atoms with Gasteiger partial charge in [0.05, 0.1) is 17.2 Å². The molecule has 7 heteroatoms. The summed E-state index contributed by atoms with van der Waals surface area (Å²) in [5, 5.41) is 18.5. The molecule has 0 bridgehead atoms. The maximum Gasteiger partial charge on any atom is 0.338 e. The van der Waals surface area contributed by atoms with Crippen molar-refractivity contribution in [3.8, 4) is 11.5 Å². The van der Waals surface area contributed by atoms with Crippen molar-refractivity contribution in [1.29, 1.82) is 0 Å². The quantitative estimate of drug-likeness (QED) is 0.849. The highest BCUT2D eigenvalue weighted by Gasteiger charge is 2.34. The Labute approximate surface area is 131 Å². The van der Waals surface area contributed by atoms with E-state index in [0.29, 0.717) is 18.0 Å². The molecule has 0 aromatic heterocycles. The van der Waals surface area contributed by atoms with E-state index < -0.39 is 11.9 Å². The van der Waals surface area contributed by atoms with E-state index in [1.807, 2.05) is 17.0 Å². The lowest BCUT2D eigenvalue weighted by molar-refractivity contribution is -0.136. The predicted molar refractivity (Wildman–Crippen MR) is 77.2 cm³/mol. The zero-order chi connectivity index (χ0) is 16.1. The fourth-order valence-electron chi connectivity index (χ4n) is 3.23. The smallest absolute Gasteiger partial charge is 0.338 e. The second kappa shape index (κ2) is 4.77. The van der Waals surface area contributed by atoms with Crippen LogP contribution >= 0.6 is 0 Å². The molecule has 0 amide bonds. The van der Waals surface area contributed by atoms with Crippen molar-refractivity contribution in [3.63, 3.8) is 0 Å². The van der Waals surface area contributed by atoms with E-state index in [1.165, 1.54) is 12.3 Å². The van der Waals surface area contributed by atoms with Crippen LogP contribution in [0.2, 0.25) is 0 Å². The van der Waals surface area contributed by atoms with Crippen molar-refractivity contribution in [1.82, 2.24) is 4.90 Å². The van der Waals surface area contributed by atoms with Crippen molar-refractivity contribution in [2.75, 3.05) is 13.3 Å². The Bertz CT molecular complexity index is 794. The number of rotatable bonds is 2. The minimum atomic E-state index is -1.24. The summed E-state index contributed by atoms with van der Waals surface area (Å²) in [5.74, 6) is -1.17. The molecule has 0 saturated carbocycles. The minimum Gasteiger partial charge on any atom is -0.478 e. The van der Waals surface area contributed by atoms with Crippen molar-refractivity contribution < 1.29 is 29.3 Å². The van der Waals surface area contributed by atoms with Crippen LogP contribution in [0, 0.1) is 0 Å². The molecule has 0 fully saturated rings. The number of carboxylic acid groups (broad SMARTS) is 2. The van der Waals surface area contributed by atoms with Crippen LogP contribution in [0.1, 0.15) is 17.2 Å². The highest BCUT2D eigenvalue weighted by Crippen LogP contribution is 2.43. The van der Waals surface area contributed by atoms with Crippen LogP contribution in [-0.4, -0.2) is 40.4 Å². The number of carbonyl (C=O) groups is 2. The van der Waals surface area contributed by atoms with Gasteiger partial charge in [-0.2, -0.15) is 0 Å². The van der Waals surface area contributed by atoms with Crippen LogP contribution < -0.4 is 9.47 Å². The van der Waals surface area contributed by atoms with Crippen LogP contribution in [-0.2, 0) is 16.0 Å². The maximum absolute atomic E-state index is 11.4. The van der Waals surface area contributed by atoms with Gasteiger partial charge in [-0.15, -0.1) is 0 Å². The molecule has 0 spiro atoms. The van der Waals surface area contributed by atoms with Gasteiger partial charge in [0.15, 0.2) is 11.5 Å². The molecule has 0 radical (unpaired) electrons. The van der Waals surface area contributed by atoms with Gasteiger partial charge < -0.3 is 24.6 Å². The Balaban J connectivity index is 1.82. The summed E-state index contributed by atoms with van der Waals surface area (Å²) in [6.07, 6.45) is 3.64. The summed E-state index contributed by atoms with van der Waals surface area (Å²) in [4.78, 5) is 24.6. The van der Waals surface area contributed by atoms with Crippen molar-refractivity contribution in [2.24, 2.45) is 0 Å². The molecule has 1 atom stereocenters. The van der Waals surface area contributed by atoms with Gasteiger partial charge in [0, 0.05) is 12.7 Å².